The van der Waals surface area contributed by atoms with Gasteiger partial charge in [0.15, 0.2) is 0 Å². The van der Waals surface area contributed by atoms with Crippen molar-refractivity contribution < 1.29 is 19.1 Å². The Morgan fingerprint density at radius 1 is 1.04 bits per heavy atom. The number of unbranched alkanes of at least 4 members (excludes halogenated alkanes) is 1. The van der Waals surface area contributed by atoms with Crippen LogP contribution in [0, 0.1) is 17.3 Å². The van der Waals surface area contributed by atoms with Gasteiger partial charge in [-0.2, -0.15) is 0 Å². The molecule has 0 saturated heterocycles. The van der Waals surface area contributed by atoms with E-state index in [0.29, 0.717) is 0 Å². The first kappa shape index (κ1) is 22.2. The highest BCUT2D eigenvalue weighted by Crippen LogP contribution is 2.36. The van der Waals surface area contributed by atoms with Gasteiger partial charge in [-0.05, 0) is 24.7 Å². The van der Waals surface area contributed by atoms with Crippen molar-refractivity contribution in [2.24, 2.45) is 17.3 Å². The predicted molar refractivity (Wildman–Crippen MR) is 105 cm³/mol. The summed E-state index contributed by atoms with van der Waals surface area (Å²) in [6, 6.07) is 0. The van der Waals surface area contributed by atoms with E-state index >= 15 is 0 Å². The fraction of sp³-hybridized carbons (Fsp3) is 0.636. The zero-order chi connectivity index (χ0) is 19.6. The Labute approximate surface area is 158 Å². The molecule has 0 spiro atoms. The second kappa shape index (κ2) is 11.0. The van der Waals surface area contributed by atoms with Crippen LogP contribution in [-0.4, -0.2) is 25.2 Å². The third kappa shape index (κ3) is 7.59. The minimum Gasteiger partial charge on any atom is -0.462 e. The summed E-state index contributed by atoms with van der Waals surface area (Å²) < 4.78 is 10.7. The van der Waals surface area contributed by atoms with Crippen LogP contribution in [0.5, 0.6) is 0 Å². The van der Waals surface area contributed by atoms with Crippen LogP contribution in [0.15, 0.2) is 36.0 Å². The molecule has 0 amide bonds. The van der Waals surface area contributed by atoms with Crippen LogP contribution in [0.1, 0.15) is 60.3 Å². The molecule has 0 aromatic heterocycles. The van der Waals surface area contributed by atoms with Crippen molar-refractivity contribution in [3.05, 3.63) is 36.0 Å². The van der Waals surface area contributed by atoms with Gasteiger partial charge in [0.05, 0.1) is 13.2 Å². The molecule has 0 fully saturated rings. The Hall–Kier alpha value is -1.84. The summed E-state index contributed by atoms with van der Waals surface area (Å²) in [6.07, 6.45) is 13.6. The Balaban J connectivity index is 3.11. The second-order valence-corrected chi connectivity index (χ2v) is 7.87. The van der Waals surface area contributed by atoms with Crippen molar-refractivity contribution in [2.75, 3.05) is 13.2 Å². The lowest BCUT2D eigenvalue weighted by atomic mass is 9.76. The van der Waals surface area contributed by atoms with Crippen molar-refractivity contribution in [3.63, 3.8) is 0 Å². The molecule has 0 bridgehead atoms. The van der Waals surface area contributed by atoms with Gasteiger partial charge in [-0.25, -0.2) is 9.59 Å². The van der Waals surface area contributed by atoms with Gasteiger partial charge in [0, 0.05) is 5.41 Å². The van der Waals surface area contributed by atoms with Gasteiger partial charge in [0.1, 0.15) is 5.57 Å². The normalized spacial score (nSPS) is 18.9. The molecule has 0 saturated carbocycles. The van der Waals surface area contributed by atoms with E-state index in [1.165, 1.54) is 0 Å². The average Bonchev–Trinajstić information content (AvgIpc) is 2.61. The van der Waals surface area contributed by atoms with Gasteiger partial charge in [0.2, 0.25) is 0 Å². The van der Waals surface area contributed by atoms with Crippen LogP contribution in [-0.2, 0) is 19.1 Å². The molecular weight excluding hydrogens is 328 g/mol. The van der Waals surface area contributed by atoms with Crippen molar-refractivity contribution in [1.29, 1.82) is 0 Å². The third-order valence-electron chi connectivity index (χ3n) is 4.14. The largest absolute Gasteiger partial charge is 0.462 e. The number of hydrogen-bond acceptors (Lipinski definition) is 4. The standard InChI is InChI=1S/C22H34O4/c1-6-7-11-22(12-9-8-10-13-22)14-19(20(23)25-15-17(2)3)21(24)26-16-18(4)5/h8-10,12,14,17-18H,6-7,11,13,15-16H2,1-5H3. The molecule has 4 heteroatoms. The van der Waals surface area contributed by atoms with Gasteiger partial charge in [0.25, 0.3) is 0 Å². The number of ether oxygens (including phenoxy) is 2. The Morgan fingerprint density at radius 2 is 1.62 bits per heavy atom. The van der Waals surface area contributed by atoms with Crippen LogP contribution in [0.3, 0.4) is 0 Å². The summed E-state index contributed by atoms with van der Waals surface area (Å²) in [6.45, 7) is 10.6. The van der Waals surface area contributed by atoms with Gasteiger partial charge >= 0.3 is 11.9 Å². The predicted octanol–water partition coefficient (Wildman–Crippen LogP) is 5.00. The number of allylic oxidation sites excluding steroid dienone is 5. The molecular formula is C22H34O4. The quantitative estimate of drug-likeness (QED) is 0.237. The molecule has 0 aromatic carbocycles. The molecule has 1 aliphatic carbocycles. The molecule has 0 aliphatic heterocycles. The van der Waals surface area contributed by atoms with Crippen LogP contribution in [0.2, 0.25) is 0 Å². The smallest absolute Gasteiger partial charge is 0.345 e. The summed E-state index contributed by atoms with van der Waals surface area (Å²) in [4.78, 5) is 25.2. The highest BCUT2D eigenvalue weighted by atomic mass is 16.6. The first-order valence-corrected chi connectivity index (χ1v) is 9.71. The molecule has 0 heterocycles. The average molecular weight is 363 g/mol. The lowest BCUT2D eigenvalue weighted by molar-refractivity contribution is -0.148. The highest BCUT2D eigenvalue weighted by Gasteiger charge is 2.31. The highest BCUT2D eigenvalue weighted by molar-refractivity contribution is 6.14. The Kier molecular flexibility index (Phi) is 9.39. The summed E-state index contributed by atoms with van der Waals surface area (Å²) in [5, 5.41) is 0. The minimum atomic E-state index is -0.591. The Bertz CT molecular complexity index is 528. The molecule has 1 rings (SSSR count). The van der Waals surface area contributed by atoms with Gasteiger partial charge < -0.3 is 9.47 Å². The van der Waals surface area contributed by atoms with Crippen LogP contribution in [0.4, 0.5) is 0 Å². The van der Waals surface area contributed by atoms with Gasteiger partial charge in [-0.3, -0.25) is 0 Å². The second-order valence-electron chi connectivity index (χ2n) is 7.87. The van der Waals surface area contributed by atoms with E-state index in [4.69, 9.17) is 9.47 Å². The molecule has 146 valence electrons. The lowest BCUT2D eigenvalue weighted by Gasteiger charge is -2.28. The van der Waals surface area contributed by atoms with E-state index in [1.54, 1.807) is 6.08 Å². The van der Waals surface area contributed by atoms with E-state index < -0.39 is 11.9 Å². The first-order valence-electron chi connectivity index (χ1n) is 9.71. The fourth-order valence-corrected chi connectivity index (χ4v) is 2.68. The Morgan fingerprint density at radius 3 is 2.04 bits per heavy atom. The first-order chi connectivity index (χ1) is 12.3. The van der Waals surface area contributed by atoms with E-state index in [2.05, 4.69) is 19.1 Å². The van der Waals surface area contributed by atoms with E-state index in [9.17, 15) is 9.59 Å². The number of hydrogen-bond donors (Lipinski definition) is 0. The third-order valence-corrected chi connectivity index (χ3v) is 4.14. The van der Waals surface area contributed by atoms with E-state index in [1.807, 2.05) is 39.8 Å². The molecule has 26 heavy (non-hydrogen) atoms. The number of carbonyl (C=O) groups is 2. The topological polar surface area (TPSA) is 52.6 Å². The molecule has 0 radical (unpaired) electrons. The summed E-state index contributed by atoms with van der Waals surface area (Å²) in [7, 11) is 0. The monoisotopic (exact) mass is 362 g/mol. The van der Waals surface area contributed by atoms with Gasteiger partial charge in [-0.15, -0.1) is 0 Å². The number of carbonyl (C=O) groups excluding carboxylic acids is 2. The van der Waals surface area contributed by atoms with E-state index in [0.717, 1.165) is 25.7 Å². The van der Waals surface area contributed by atoms with Gasteiger partial charge in [-0.1, -0.05) is 77.8 Å². The molecule has 4 nitrogen and oxygen atoms in total. The molecule has 1 unspecified atom stereocenters. The summed E-state index contributed by atoms with van der Waals surface area (Å²) in [5.74, 6) is -0.769. The lowest BCUT2D eigenvalue weighted by Crippen LogP contribution is -2.25. The number of esters is 2. The zero-order valence-electron chi connectivity index (χ0n) is 16.9. The maximum Gasteiger partial charge on any atom is 0.345 e. The molecule has 0 N–H and O–H groups in total. The zero-order valence-corrected chi connectivity index (χ0v) is 16.9. The van der Waals surface area contributed by atoms with Crippen molar-refractivity contribution in [1.82, 2.24) is 0 Å². The maximum absolute atomic E-state index is 12.6. The minimum absolute atomic E-state index is 0.0161. The summed E-state index contributed by atoms with van der Waals surface area (Å²) >= 11 is 0. The molecule has 1 aliphatic rings. The van der Waals surface area contributed by atoms with Crippen molar-refractivity contribution in [3.8, 4) is 0 Å². The number of rotatable bonds is 10. The fourth-order valence-electron chi connectivity index (χ4n) is 2.68. The molecule has 1 atom stereocenters. The van der Waals surface area contributed by atoms with Crippen molar-refractivity contribution >= 4 is 11.9 Å². The molecule has 0 aromatic rings. The summed E-state index contributed by atoms with van der Waals surface area (Å²) in [5.41, 5.74) is -0.323. The van der Waals surface area contributed by atoms with Crippen LogP contribution >= 0.6 is 0 Å². The maximum atomic E-state index is 12.6. The van der Waals surface area contributed by atoms with Crippen LogP contribution in [0.25, 0.3) is 0 Å². The van der Waals surface area contributed by atoms with Crippen molar-refractivity contribution in [2.45, 2.75) is 60.3 Å². The van der Waals surface area contributed by atoms with Crippen LogP contribution < -0.4 is 0 Å². The SMILES string of the molecule is CCCCC1(C=C(C(=O)OCC(C)C)C(=O)OCC(C)C)C=CC=CC1. The van der Waals surface area contributed by atoms with E-state index in [-0.39, 0.29) is 36.0 Å².